The molecule has 21 heavy (non-hydrogen) atoms. The molecule has 1 aliphatic rings. The third kappa shape index (κ3) is 5.76. The molecule has 120 valence electrons. The van der Waals surface area contributed by atoms with Gasteiger partial charge < -0.3 is 5.32 Å². The first-order valence-corrected chi connectivity index (χ1v) is 11.5. The van der Waals surface area contributed by atoms with Crippen molar-refractivity contribution in [2.75, 3.05) is 23.8 Å². The predicted octanol–water partition coefficient (Wildman–Crippen LogP) is 2.37. The molecule has 4 nitrogen and oxygen atoms in total. The minimum Gasteiger partial charge on any atom is -0.310 e. The van der Waals surface area contributed by atoms with Crippen LogP contribution in [0.25, 0.3) is 0 Å². The first-order chi connectivity index (χ1) is 9.97. The van der Waals surface area contributed by atoms with Crippen molar-refractivity contribution in [2.24, 2.45) is 0 Å². The molecule has 2 heterocycles. The van der Waals surface area contributed by atoms with Crippen molar-refractivity contribution in [2.45, 2.75) is 35.9 Å². The highest BCUT2D eigenvalue weighted by molar-refractivity contribution is 8.06. The minimum atomic E-state index is -3.36. The standard InChI is InChI=1S/C13H22N2O2S4/c1-10(2)14-6-11-5-13(20-8-11)21(16,17)15-7-12-9-18-3-4-19-12/h5,8,10,12,14-15H,3-4,6-7,9H2,1-2H3. The SMILES string of the molecule is CC(C)NCc1csc(S(=O)(=O)NCC2CSCCS2)c1. The molecule has 2 rings (SSSR count). The third-order valence-electron chi connectivity index (χ3n) is 2.99. The van der Waals surface area contributed by atoms with Crippen molar-refractivity contribution in [1.29, 1.82) is 0 Å². The summed E-state index contributed by atoms with van der Waals surface area (Å²) in [5.41, 5.74) is 1.02. The lowest BCUT2D eigenvalue weighted by Crippen LogP contribution is -2.33. The van der Waals surface area contributed by atoms with Gasteiger partial charge in [0.1, 0.15) is 4.21 Å². The van der Waals surface area contributed by atoms with Crippen molar-refractivity contribution in [1.82, 2.24) is 10.0 Å². The van der Waals surface area contributed by atoms with E-state index in [9.17, 15) is 8.42 Å². The molecular formula is C13H22N2O2S4. The molecule has 0 saturated carbocycles. The molecule has 1 aromatic heterocycles. The van der Waals surface area contributed by atoms with Crippen molar-refractivity contribution < 1.29 is 8.42 Å². The van der Waals surface area contributed by atoms with Gasteiger partial charge in [-0.3, -0.25) is 0 Å². The van der Waals surface area contributed by atoms with Gasteiger partial charge >= 0.3 is 0 Å². The van der Waals surface area contributed by atoms with Gasteiger partial charge in [0, 0.05) is 41.6 Å². The number of thiophene rings is 1. The Bertz CT molecular complexity index is 536. The van der Waals surface area contributed by atoms with E-state index in [0.717, 1.165) is 17.1 Å². The first-order valence-electron chi connectivity index (χ1n) is 6.97. The van der Waals surface area contributed by atoms with Crippen LogP contribution in [0.5, 0.6) is 0 Å². The Balaban J connectivity index is 1.89. The molecule has 0 aliphatic carbocycles. The normalized spacial score (nSPS) is 20.0. The highest BCUT2D eigenvalue weighted by atomic mass is 32.2. The maximum Gasteiger partial charge on any atom is 0.250 e. The Morgan fingerprint density at radius 2 is 2.19 bits per heavy atom. The number of rotatable bonds is 7. The lowest BCUT2D eigenvalue weighted by Gasteiger charge is -2.20. The van der Waals surface area contributed by atoms with E-state index < -0.39 is 10.0 Å². The molecule has 1 atom stereocenters. The topological polar surface area (TPSA) is 58.2 Å². The van der Waals surface area contributed by atoms with E-state index >= 15 is 0 Å². The Kier molecular flexibility index (Phi) is 6.89. The van der Waals surface area contributed by atoms with Crippen LogP contribution in [0.15, 0.2) is 15.7 Å². The van der Waals surface area contributed by atoms with E-state index in [1.54, 1.807) is 6.07 Å². The smallest absolute Gasteiger partial charge is 0.250 e. The molecule has 2 N–H and O–H groups in total. The monoisotopic (exact) mass is 366 g/mol. The molecule has 1 unspecified atom stereocenters. The highest BCUT2D eigenvalue weighted by Crippen LogP contribution is 2.24. The predicted molar refractivity (Wildman–Crippen MR) is 95.1 cm³/mol. The molecule has 0 radical (unpaired) electrons. The average molecular weight is 367 g/mol. The fourth-order valence-electron chi connectivity index (χ4n) is 1.84. The number of hydrogen-bond donors (Lipinski definition) is 2. The molecule has 1 saturated heterocycles. The third-order valence-corrected chi connectivity index (χ3v) is 8.75. The minimum absolute atomic E-state index is 0.389. The maximum atomic E-state index is 12.3. The number of thioether (sulfide) groups is 2. The molecule has 1 aromatic rings. The van der Waals surface area contributed by atoms with Gasteiger partial charge in [0.2, 0.25) is 10.0 Å². The lowest BCUT2D eigenvalue weighted by atomic mass is 10.3. The average Bonchev–Trinajstić information content (AvgIpc) is 2.94. The fraction of sp³-hybridized carbons (Fsp3) is 0.692. The number of sulfonamides is 1. The summed E-state index contributed by atoms with van der Waals surface area (Å²) in [5, 5.41) is 5.60. The van der Waals surface area contributed by atoms with Gasteiger partial charge in [0.15, 0.2) is 0 Å². The van der Waals surface area contributed by atoms with Crippen LogP contribution in [0.1, 0.15) is 19.4 Å². The summed E-state index contributed by atoms with van der Waals surface area (Å²) in [4.78, 5) is 0. The Hall–Kier alpha value is 0.270. The van der Waals surface area contributed by atoms with E-state index in [1.807, 2.05) is 28.9 Å². The Morgan fingerprint density at radius 3 is 2.86 bits per heavy atom. The Morgan fingerprint density at radius 1 is 1.38 bits per heavy atom. The van der Waals surface area contributed by atoms with Crippen LogP contribution in [0.3, 0.4) is 0 Å². The summed E-state index contributed by atoms with van der Waals surface area (Å²) in [5.74, 6) is 3.31. The lowest BCUT2D eigenvalue weighted by molar-refractivity contribution is 0.582. The van der Waals surface area contributed by atoms with E-state index in [0.29, 0.717) is 28.6 Å². The number of hydrogen-bond acceptors (Lipinski definition) is 6. The van der Waals surface area contributed by atoms with Crippen LogP contribution >= 0.6 is 34.9 Å². The zero-order valence-electron chi connectivity index (χ0n) is 12.3. The van der Waals surface area contributed by atoms with Crippen molar-refractivity contribution in [3.05, 3.63) is 17.0 Å². The first kappa shape index (κ1) is 17.6. The molecule has 0 aromatic carbocycles. The molecule has 0 amide bonds. The quantitative estimate of drug-likeness (QED) is 0.776. The van der Waals surface area contributed by atoms with Gasteiger partial charge in [-0.1, -0.05) is 13.8 Å². The zero-order chi connectivity index (χ0) is 15.3. The van der Waals surface area contributed by atoms with Gasteiger partial charge in [0.25, 0.3) is 0 Å². The van der Waals surface area contributed by atoms with Crippen LogP contribution in [0.2, 0.25) is 0 Å². The van der Waals surface area contributed by atoms with E-state index in [1.165, 1.54) is 17.1 Å². The second-order valence-corrected chi connectivity index (χ2v) is 10.7. The summed E-state index contributed by atoms with van der Waals surface area (Å²) < 4.78 is 27.7. The van der Waals surface area contributed by atoms with E-state index in [4.69, 9.17) is 0 Å². The van der Waals surface area contributed by atoms with Gasteiger partial charge in [-0.05, 0) is 17.0 Å². The van der Waals surface area contributed by atoms with Crippen molar-refractivity contribution >= 4 is 44.9 Å². The molecular weight excluding hydrogens is 344 g/mol. The van der Waals surface area contributed by atoms with Gasteiger partial charge in [-0.15, -0.1) is 11.3 Å². The van der Waals surface area contributed by atoms with Gasteiger partial charge in [0.05, 0.1) is 0 Å². The second-order valence-electron chi connectivity index (χ2n) is 5.23. The molecule has 1 aliphatic heterocycles. The van der Waals surface area contributed by atoms with Crippen LogP contribution in [0.4, 0.5) is 0 Å². The van der Waals surface area contributed by atoms with Gasteiger partial charge in [-0.2, -0.15) is 23.5 Å². The van der Waals surface area contributed by atoms with E-state index in [-0.39, 0.29) is 0 Å². The summed E-state index contributed by atoms with van der Waals surface area (Å²) in [6, 6.07) is 2.16. The molecule has 0 spiro atoms. The van der Waals surface area contributed by atoms with Crippen LogP contribution < -0.4 is 10.0 Å². The summed E-state index contributed by atoms with van der Waals surface area (Å²) >= 11 is 5.05. The van der Waals surface area contributed by atoms with Gasteiger partial charge in [-0.25, -0.2) is 13.1 Å². The summed E-state index contributed by atoms with van der Waals surface area (Å²) in [6.07, 6.45) is 0. The van der Waals surface area contributed by atoms with Crippen molar-refractivity contribution in [3.8, 4) is 0 Å². The molecule has 1 fully saturated rings. The zero-order valence-corrected chi connectivity index (χ0v) is 15.6. The Labute approximate surface area is 139 Å². The summed E-state index contributed by atoms with van der Waals surface area (Å²) in [6.45, 7) is 5.38. The summed E-state index contributed by atoms with van der Waals surface area (Å²) in [7, 11) is -3.36. The van der Waals surface area contributed by atoms with Crippen LogP contribution in [0, 0.1) is 0 Å². The van der Waals surface area contributed by atoms with Crippen LogP contribution in [-0.2, 0) is 16.6 Å². The molecule has 0 bridgehead atoms. The second kappa shape index (κ2) is 8.21. The number of nitrogens with one attached hydrogen (secondary N) is 2. The van der Waals surface area contributed by atoms with Crippen molar-refractivity contribution in [3.63, 3.8) is 0 Å². The maximum absolute atomic E-state index is 12.3. The molecule has 8 heteroatoms. The highest BCUT2D eigenvalue weighted by Gasteiger charge is 2.20. The van der Waals surface area contributed by atoms with E-state index in [2.05, 4.69) is 23.9 Å². The van der Waals surface area contributed by atoms with Crippen LogP contribution in [-0.4, -0.2) is 43.5 Å². The largest absolute Gasteiger partial charge is 0.310 e. The fourth-order valence-corrected chi connectivity index (χ4v) is 6.89.